The van der Waals surface area contributed by atoms with E-state index in [1.165, 1.54) is 19.3 Å². The molecule has 0 aromatic heterocycles. The molecule has 4 atom stereocenters. The molecular formula is C18H26BrNO. The van der Waals surface area contributed by atoms with Crippen LogP contribution in [0.1, 0.15) is 51.0 Å². The number of carbonyl (C=O) groups excluding carboxylic acids is 1. The van der Waals surface area contributed by atoms with Gasteiger partial charge < -0.3 is 5.32 Å². The van der Waals surface area contributed by atoms with Crippen LogP contribution < -0.4 is 5.32 Å². The number of hydrogen-bond acceptors (Lipinski definition) is 1. The highest BCUT2D eigenvalue weighted by molar-refractivity contribution is 9.09. The molecular weight excluding hydrogens is 326 g/mol. The van der Waals surface area contributed by atoms with E-state index in [4.69, 9.17) is 0 Å². The summed E-state index contributed by atoms with van der Waals surface area (Å²) in [5.41, 5.74) is 1.13. The van der Waals surface area contributed by atoms with Gasteiger partial charge in [0.1, 0.15) is 0 Å². The third-order valence-corrected chi connectivity index (χ3v) is 5.53. The van der Waals surface area contributed by atoms with Crippen LogP contribution in [-0.2, 0) is 4.79 Å². The van der Waals surface area contributed by atoms with Gasteiger partial charge in [-0.3, -0.25) is 4.79 Å². The predicted molar refractivity (Wildman–Crippen MR) is 91.7 cm³/mol. The molecule has 1 amide bonds. The van der Waals surface area contributed by atoms with Crippen LogP contribution in [0, 0.1) is 11.8 Å². The summed E-state index contributed by atoms with van der Waals surface area (Å²) in [6.07, 6.45) is 4.64. The van der Waals surface area contributed by atoms with Crippen molar-refractivity contribution in [3.63, 3.8) is 0 Å². The van der Waals surface area contributed by atoms with E-state index >= 15 is 0 Å². The molecule has 0 saturated heterocycles. The van der Waals surface area contributed by atoms with Gasteiger partial charge in [-0.1, -0.05) is 66.5 Å². The van der Waals surface area contributed by atoms with Crippen molar-refractivity contribution >= 4 is 21.8 Å². The van der Waals surface area contributed by atoms with Crippen molar-refractivity contribution in [3.8, 4) is 0 Å². The first kappa shape index (κ1) is 16.5. The minimum Gasteiger partial charge on any atom is -0.355 e. The highest BCUT2D eigenvalue weighted by atomic mass is 79.9. The second-order valence-corrected chi connectivity index (χ2v) is 7.59. The molecule has 1 saturated carbocycles. The number of hydrogen-bond donors (Lipinski definition) is 1. The standard InChI is InChI=1S/C18H26BrNO/c1-3-13(2)17(15-7-5-4-6-8-15)18(21)20-12-14-9-10-16(19)11-14/h4-8,13-14,16-17H,3,9-12H2,1-2H3,(H,20,21). The Hall–Kier alpha value is -0.830. The molecule has 0 spiro atoms. The Morgan fingerprint density at radius 1 is 1.33 bits per heavy atom. The summed E-state index contributed by atoms with van der Waals surface area (Å²) in [5.74, 6) is 1.15. The van der Waals surface area contributed by atoms with Gasteiger partial charge in [0.25, 0.3) is 0 Å². The molecule has 4 unspecified atom stereocenters. The fraction of sp³-hybridized carbons (Fsp3) is 0.611. The van der Waals surface area contributed by atoms with E-state index in [1.54, 1.807) is 0 Å². The van der Waals surface area contributed by atoms with Gasteiger partial charge in [0.2, 0.25) is 5.91 Å². The molecule has 1 fully saturated rings. The van der Waals surface area contributed by atoms with Gasteiger partial charge in [0.15, 0.2) is 0 Å². The molecule has 2 nitrogen and oxygen atoms in total. The van der Waals surface area contributed by atoms with Gasteiger partial charge >= 0.3 is 0 Å². The zero-order valence-corrected chi connectivity index (χ0v) is 14.6. The smallest absolute Gasteiger partial charge is 0.227 e. The monoisotopic (exact) mass is 351 g/mol. The van der Waals surface area contributed by atoms with E-state index in [0.717, 1.165) is 18.5 Å². The zero-order valence-electron chi connectivity index (χ0n) is 13.0. The zero-order chi connectivity index (χ0) is 15.2. The van der Waals surface area contributed by atoms with Gasteiger partial charge in [-0.05, 0) is 36.7 Å². The van der Waals surface area contributed by atoms with Gasteiger partial charge in [-0.15, -0.1) is 0 Å². The topological polar surface area (TPSA) is 29.1 Å². The van der Waals surface area contributed by atoms with E-state index in [2.05, 4.69) is 47.2 Å². The summed E-state index contributed by atoms with van der Waals surface area (Å²) >= 11 is 3.67. The Bertz CT molecular complexity index is 448. The van der Waals surface area contributed by atoms with Gasteiger partial charge in [-0.2, -0.15) is 0 Å². The van der Waals surface area contributed by atoms with E-state index in [0.29, 0.717) is 16.7 Å². The maximum Gasteiger partial charge on any atom is 0.227 e. The van der Waals surface area contributed by atoms with Crippen LogP contribution in [0.4, 0.5) is 0 Å². The molecule has 0 heterocycles. The summed E-state index contributed by atoms with van der Waals surface area (Å²) in [5, 5.41) is 3.20. The first-order valence-electron chi connectivity index (χ1n) is 8.08. The average Bonchev–Trinajstić information content (AvgIpc) is 2.92. The second kappa shape index (κ2) is 7.98. The van der Waals surface area contributed by atoms with Crippen LogP contribution in [0.25, 0.3) is 0 Å². The van der Waals surface area contributed by atoms with Crippen molar-refractivity contribution in [2.75, 3.05) is 6.54 Å². The summed E-state index contributed by atoms with van der Waals surface area (Å²) in [6, 6.07) is 10.2. The maximum atomic E-state index is 12.7. The van der Waals surface area contributed by atoms with E-state index in [-0.39, 0.29) is 11.8 Å². The fourth-order valence-electron chi connectivity index (χ4n) is 3.19. The predicted octanol–water partition coefficient (Wildman–Crippen LogP) is 4.50. The lowest BCUT2D eigenvalue weighted by Gasteiger charge is -2.23. The van der Waals surface area contributed by atoms with Crippen molar-refractivity contribution < 1.29 is 4.79 Å². The lowest BCUT2D eigenvalue weighted by molar-refractivity contribution is -0.123. The average molecular weight is 352 g/mol. The largest absolute Gasteiger partial charge is 0.355 e. The van der Waals surface area contributed by atoms with Gasteiger partial charge in [0.05, 0.1) is 5.92 Å². The molecule has 0 aliphatic heterocycles. The number of rotatable bonds is 6. The van der Waals surface area contributed by atoms with Gasteiger partial charge in [0, 0.05) is 11.4 Å². The number of amides is 1. The Kier molecular flexibility index (Phi) is 6.28. The van der Waals surface area contributed by atoms with Crippen molar-refractivity contribution in [1.29, 1.82) is 0 Å². The Morgan fingerprint density at radius 2 is 2.05 bits per heavy atom. The quantitative estimate of drug-likeness (QED) is 0.751. The van der Waals surface area contributed by atoms with Crippen LogP contribution >= 0.6 is 15.9 Å². The summed E-state index contributed by atoms with van der Waals surface area (Å²) in [4.78, 5) is 13.3. The summed E-state index contributed by atoms with van der Waals surface area (Å²) in [6.45, 7) is 5.14. The van der Waals surface area contributed by atoms with E-state index in [9.17, 15) is 4.79 Å². The molecule has 1 N–H and O–H groups in total. The third kappa shape index (κ3) is 4.57. The van der Waals surface area contributed by atoms with Crippen molar-refractivity contribution in [3.05, 3.63) is 35.9 Å². The Morgan fingerprint density at radius 3 is 2.62 bits per heavy atom. The molecule has 0 bridgehead atoms. The van der Waals surface area contributed by atoms with Crippen molar-refractivity contribution in [2.45, 2.75) is 50.3 Å². The SMILES string of the molecule is CCC(C)C(C(=O)NCC1CCC(Br)C1)c1ccccc1. The Balaban J connectivity index is 1.98. The van der Waals surface area contributed by atoms with Crippen molar-refractivity contribution in [2.24, 2.45) is 11.8 Å². The van der Waals surface area contributed by atoms with Crippen LogP contribution in [-0.4, -0.2) is 17.3 Å². The van der Waals surface area contributed by atoms with E-state index in [1.807, 2.05) is 18.2 Å². The van der Waals surface area contributed by atoms with Crippen LogP contribution in [0.3, 0.4) is 0 Å². The summed E-state index contributed by atoms with van der Waals surface area (Å²) < 4.78 is 0. The summed E-state index contributed by atoms with van der Waals surface area (Å²) in [7, 11) is 0. The lowest BCUT2D eigenvalue weighted by atomic mass is 9.85. The minimum atomic E-state index is -0.0302. The van der Waals surface area contributed by atoms with Crippen LogP contribution in [0.5, 0.6) is 0 Å². The molecule has 1 aliphatic carbocycles. The molecule has 3 heteroatoms. The highest BCUT2D eigenvalue weighted by Gasteiger charge is 2.27. The molecule has 1 aromatic rings. The Labute approximate surface area is 136 Å². The molecule has 1 aromatic carbocycles. The number of benzene rings is 1. The minimum absolute atomic E-state index is 0.0302. The highest BCUT2D eigenvalue weighted by Crippen LogP contribution is 2.31. The van der Waals surface area contributed by atoms with Crippen molar-refractivity contribution in [1.82, 2.24) is 5.32 Å². The third-order valence-electron chi connectivity index (χ3n) is 4.70. The first-order chi connectivity index (χ1) is 10.1. The van der Waals surface area contributed by atoms with Crippen LogP contribution in [0.15, 0.2) is 30.3 Å². The molecule has 21 heavy (non-hydrogen) atoms. The number of carbonyl (C=O) groups is 1. The number of halogens is 1. The molecule has 116 valence electrons. The lowest BCUT2D eigenvalue weighted by Crippen LogP contribution is -2.35. The van der Waals surface area contributed by atoms with E-state index < -0.39 is 0 Å². The van der Waals surface area contributed by atoms with Gasteiger partial charge in [-0.25, -0.2) is 0 Å². The maximum absolute atomic E-state index is 12.7. The van der Waals surface area contributed by atoms with Crippen LogP contribution in [0.2, 0.25) is 0 Å². The molecule has 2 rings (SSSR count). The number of nitrogens with one attached hydrogen (secondary N) is 1. The first-order valence-corrected chi connectivity index (χ1v) is 9.00. The second-order valence-electron chi connectivity index (χ2n) is 6.30. The molecule has 0 radical (unpaired) electrons. The molecule has 1 aliphatic rings. The normalized spacial score (nSPS) is 24.5. The fourth-order valence-corrected chi connectivity index (χ4v) is 3.98. The number of alkyl halides is 1.